The SMILES string of the molecule is CN(O)C(=O)/C=C/c1ccccc1SCCCc1ccccc1. The maximum atomic E-state index is 11.4. The van der Waals surface area contributed by atoms with E-state index in [1.54, 1.807) is 17.8 Å². The number of amides is 1. The lowest BCUT2D eigenvalue weighted by Crippen LogP contribution is -2.19. The number of hydroxylamine groups is 2. The molecule has 1 amide bonds. The molecule has 0 fully saturated rings. The van der Waals surface area contributed by atoms with E-state index in [-0.39, 0.29) is 0 Å². The minimum atomic E-state index is -0.436. The molecular formula is C19H21NO2S. The van der Waals surface area contributed by atoms with Crippen LogP contribution in [0.4, 0.5) is 0 Å². The van der Waals surface area contributed by atoms with Crippen LogP contribution in [0.5, 0.6) is 0 Å². The van der Waals surface area contributed by atoms with E-state index in [1.165, 1.54) is 18.7 Å². The predicted octanol–water partition coefficient (Wildman–Crippen LogP) is 4.27. The van der Waals surface area contributed by atoms with Crippen LogP contribution < -0.4 is 0 Å². The topological polar surface area (TPSA) is 40.5 Å². The summed E-state index contributed by atoms with van der Waals surface area (Å²) in [7, 11) is 1.32. The summed E-state index contributed by atoms with van der Waals surface area (Å²) in [5, 5.41) is 9.65. The zero-order valence-electron chi connectivity index (χ0n) is 13.2. The Balaban J connectivity index is 1.89. The fraction of sp³-hybridized carbons (Fsp3) is 0.211. The molecule has 2 aromatic rings. The number of thioether (sulfide) groups is 1. The third-order valence-electron chi connectivity index (χ3n) is 3.35. The quantitative estimate of drug-likeness (QED) is 0.271. The van der Waals surface area contributed by atoms with Gasteiger partial charge in [-0.15, -0.1) is 11.8 Å². The average molecular weight is 327 g/mol. The Bertz CT molecular complexity index is 653. The van der Waals surface area contributed by atoms with Gasteiger partial charge < -0.3 is 0 Å². The summed E-state index contributed by atoms with van der Waals surface area (Å²) in [5.74, 6) is 0.585. The van der Waals surface area contributed by atoms with Gasteiger partial charge in [-0.05, 0) is 41.9 Å². The molecule has 0 saturated heterocycles. The third kappa shape index (κ3) is 5.93. The number of nitrogens with zero attached hydrogens (tertiary/aromatic N) is 1. The van der Waals surface area contributed by atoms with Crippen molar-refractivity contribution in [1.29, 1.82) is 0 Å². The van der Waals surface area contributed by atoms with E-state index in [0.29, 0.717) is 5.06 Å². The molecule has 1 N–H and O–H groups in total. The Morgan fingerprint density at radius 2 is 1.83 bits per heavy atom. The molecule has 0 aliphatic heterocycles. The number of carbonyl (C=O) groups is 1. The van der Waals surface area contributed by atoms with Crippen molar-refractivity contribution >= 4 is 23.7 Å². The summed E-state index contributed by atoms with van der Waals surface area (Å²) in [4.78, 5) is 12.6. The Morgan fingerprint density at radius 1 is 1.13 bits per heavy atom. The van der Waals surface area contributed by atoms with Gasteiger partial charge in [0.15, 0.2) is 0 Å². The Kier molecular flexibility index (Phi) is 6.91. The Hall–Kier alpha value is -2.04. The van der Waals surface area contributed by atoms with Crippen LogP contribution in [0, 0.1) is 0 Å². The molecule has 120 valence electrons. The number of aryl methyl sites for hydroxylation is 1. The summed E-state index contributed by atoms with van der Waals surface area (Å²) in [5.41, 5.74) is 2.35. The molecule has 0 aromatic heterocycles. The fourth-order valence-electron chi connectivity index (χ4n) is 2.12. The van der Waals surface area contributed by atoms with Crippen molar-refractivity contribution < 1.29 is 10.0 Å². The van der Waals surface area contributed by atoms with E-state index in [4.69, 9.17) is 5.21 Å². The fourth-order valence-corrected chi connectivity index (χ4v) is 3.11. The number of hydrogen-bond donors (Lipinski definition) is 1. The molecule has 0 atom stereocenters. The van der Waals surface area contributed by atoms with Gasteiger partial charge >= 0.3 is 0 Å². The molecule has 0 aliphatic carbocycles. The number of carbonyl (C=O) groups excluding carboxylic acids is 1. The highest BCUT2D eigenvalue weighted by atomic mass is 32.2. The molecule has 2 aromatic carbocycles. The van der Waals surface area contributed by atoms with Crippen LogP contribution in [0.3, 0.4) is 0 Å². The second kappa shape index (κ2) is 9.18. The maximum Gasteiger partial charge on any atom is 0.269 e. The lowest BCUT2D eigenvalue weighted by molar-refractivity contribution is -0.153. The van der Waals surface area contributed by atoms with E-state index in [2.05, 4.69) is 30.3 Å². The van der Waals surface area contributed by atoms with Gasteiger partial charge in [-0.3, -0.25) is 10.0 Å². The molecule has 0 radical (unpaired) electrons. The Labute approximate surface area is 141 Å². The molecular weight excluding hydrogens is 306 g/mol. The number of likely N-dealkylation sites (N-methyl/N-ethyl adjacent to an activating group) is 1. The van der Waals surface area contributed by atoms with E-state index in [9.17, 15) is 4.79 Å². The second-order valence-electron chi connectivity index (χ2n) is 5.17. The average Bonchev–Trinajstić information content (AvgIpc) is 2.58. The Morgan fingerprint density at radius 3 is 2.57 bits per heavy atom. The van der Waals surface area contributed by atoms with Crippen LogP contribution >= 0.6 is 11.8 Å². The van der Waals surface area contributed by atoms with E-state index >= 15 is 0 Å². The molecule has 0 bridgehead atoms. The summed E-state index contributed by atoms with van der Waals surface area (Å²) >= 11 is 1.79. The third-order valence-corrected chi connectivity index (χ3v) is 4.53. The zero-order chi connectivity index (χ0) is 16.5. The normalized spacial score (nSPS) is 10.9. The molecule has 0 heterocycles. The zero-order valence-corrected chi connectivity index (χ0v) is 14.0. The van der Waals surface area contributed by atoms with Crippen molar-refractivity contribution in [3.8, 4) is 0 Å². The lowest BCUT2D eigenvalue weighted by Gasteiger charge is -2.07. The van der Waals surface area contributed by atoms with Gasteiger partial charge in [-0.2, -0.15) is 0 Å². The molecule has 0 unspecified atom stereocenters. The van der Waals surface area contributed by atoms with E-state index in [0.717, 1.165) is 29.1 Å². The molecule has 0 aliphatic rings. The highest BCUT2D eigenvalue weighted by Gasteiger charge is 2.03. The molecule has 4 heteroatoms. The molecule has 3 nitrogen and oxygen atoms in total. The monoisotopic (exact) mass is 327 g/mol. The second-order valence-corrected chi connectivity index (χ2v) is 6.31. The lowest BCUT2D eigenvalue weighted by atomic mass is 10.1. The highest BCUT2D eigenvalue weighted by molar-refractivity contribution is 7.99. The van der Waals surface area contributed by atoms with Gasteiger partial charge in [0.25, 0.3) is 5.91 Å². The number of benzene rings is 2. The van der Waals surface area contributed by atoms with Crippen LogP contribution in [-0.2, 0) is 11.2 Å². The highest BCUT2D eigenvalue weighted by Crippen LogP contribution is 2.25. The van der Waals surface area contributed by atoms with Gasteiger partial charge in [-0.1, -0.05) is 48.5 Å². The number of rotatable bonds is 7. The van der Waals surface area contributed by atoms with Gasteiger partial charge in [0.1, 0.15) is 0 Å². The summed E-state index contributed by atoms with van der Waals surface area (Å²) < 4.78 is 0. The van der Waals surface area contributed by atoms with Gasteiger partial charge in [0, 0.05) is 18.0 Å². The van der Waals surface area contributed by atoms with E-state index in [1.807, 2.05) is 24.3 Å². The van der Waals surface area contributed by atoms with Crippen LogP contribution in [0.25, 0.3) is 6.08 Å². The smallest absolute Gasteiger partial charge is 0.269 e. The van der Waals surface area contributed by atoms with Crippen molar-refractivity contribution in [2.24, 2.45) is 0 Å². The summed E-state index contributed by atoms with van der Waals surface area (Å²) in [6.07, 6.45) is 5.29. The standard InChI is InChI=1S/C19H21NO2S/c1-20(22)19(21)14-13-17-11-5-6-12-18(17)23-15-7-10-16-8-3-2-4-9-16/h2-6,8-9,11-14,22H,7,10,15H2,1H3/b14-13+. The van der Waals surface area contributed by atoms with Crippen LogP contribution in [0.1, 0.15) is 17.5 Å². The molecule has 23 heavy (non-hydrogen) atoms. The maximum absolute atomic E-state index is 11.4. The van der Waals surface area contributed by atoms with Crippen LogP contribution in [0.15, 0.2) is 65.6 Å². The first-order valence-corrected chi connectivity index (χ1v) is 8.56. The van der Waals surface area contributed by atoms with Crippen molar-refractivity contribution in [1.82, 2.24) is 5.06 Å². The van der Waals surface area contributed by atoms with Crippen molar-refractivity contribution in [3.63, 3.8) is 0 Å². The van der Waals surface area contributed by atoms with Crippen molar-refractivity contribution in [3.05, 3.63) is 71.8 Å². The molecule has 2 rings (SSSR count). The first-order valence-electron chi connectivity index (χ1n) is 7.57. The minimum Gasteiger partial charge on any atom is -0.286 e. The minimum absolute atomic E-state index is 0.436. The summed E-state index contributed by atoms with van der Waals surface area (Å²) in [6, 6.07) is 18.4. The largest absolute Gasteiger partial charge is 0.286 e. The van der Waals surface area contributed by atoms with Crippen LogP contribution in [0.2, 0.25) is 0 Å². The first-order chi connectivity index (χ1) is 11.2. The van der Waals surface area contributed by atoms with E-state index < -0.39 is 5.91 Å². The predicted molar refractivity (Wildman–Crippen MR) is 95.5 cm³/mol. The molecule has 0 saturated carbocycles. The van der Waals surface area contributed by atoms with Gasteiger partial charge in [0.2, 0.25) is 0 Å². The molecule has 0 spiro atoms. The van der Waals surface area contributed by atoms with Gasteiger partial charge in [0.05, 0.1) is 0 Å². The number of hydrogen-bond acceptors (Lipinski definition) is 3. The van der Waals surface area contributed by atoms with Crippen molar-refractivity contribution in [2.75, 3.05) is 12.8 Å². The summed E-state index contributed by atoms with van der Waals surface area (Å²) in [6.45, 7) is 0. The van der Waals surface area contributed by atoms with Crippen molar-refractivity contribution in [2.45, 2.75) is 17.7 Å². The van der Waals surface area contributed by atoms with Crippen LogP contribution in [-0.4, -0.2) is 29.0 Å². The van der Waals surface area contributed by atoms with Gasteiger partial charge in [-0.25, -0.2) is 5.06 Å². The first kappa shape index (κ1) is 17.3.